The third-order valence-electron chi connectivity index (χ3n) is 3.54. The summed E-state index contributed by atoms with van der Waals surface area (Å²) in [5.74, 6) is 0.359. The van der Waals surface area contributed by atoms with Gasteiger partial charge in [0.15, 0.2) is 9.84 Å². The normalized spacial score (nSPS) is 26.1. The summed E-state index contributed by atoms with van der Waals surface area (Å²) in [5.41, 5.74) is 0.691. The molecule has 1 atom stereocenters. The van der Waals surface area contributed by atoms with Gasteiger partial charge >= 0.3 is 0 Å². The first-order chi connectivity index (χ1) is 8.57. The van der Waals surface area contributed by atoms with Crippen LogP contribution in [-0.2, 0) is 9.84 Å². The molecule has 1 saturated heterocycles. The number of sulfone groups is 1. The second kappa shape index (κ2) is 4.35. The Hall–Kier alpha value is -0.880. The molecule has 0 N–H and O–H groups in total. The Kier molecular flexibility index (Phi) is 2.94. The first-order valence-electron chi connectivity index (χ1n) is 6.12. The van der Waals surface area contributed by atoms with E-state index in [4.69, 9.17) is 0 Å². The predicted octanol–water partition coefficient (Wildman–Crippen LogP) is 1.54. The van der Waals surface area contributed by atoms with Gasteiger partial charge in [-0.15, -0.1) is 0 Å². The largest absolute Gasteiger partial charge is 0.332 e. The van der Waals surface area contributed by atoms with Crippen LogP contribution in [0, 0.1) is 0 Å². The maximum absolute atomic E-state index is 12.4. The molecular weight excluding hydrogens is 270 g/mol. The molecule has 0 aromatic carbocycles. The second-order valence-electron chi connectivity index (χ2n) is 5.01. The molecule has 4 nitrogen and oxygen atoms in total. The average Bonchev–Trinajstić information content (AvgIpc) is 2.87. The summed E-state index contributed by atoms with van der Waals surface area (Å²) < 4.78 is 23.1. The fraction of sp³-hybridized carbons (Fsp3) is 0.583. The van der Waals surface area contributed by atoms with Crippen molar-refractivity contribution in [3.63, 3.8) is 0 Å². The van der Waals surface area contributed by atoms with E-state index in [1.54, 1.807) is 0 Å². The van der Waals surface area contributed by atoms with Gasteiger partial charge in [0.05, 0.1) is 17.1 Å². The van der Waals surface area contributed by atoms with Gasteiger partial charge in [0, 0.05) is 17.5 Å². The zero-order valence-electron chi connectivity index (χ0n) is 9.91. The summed E-state index contributed by atoms with van der Waals surface area (Å²) >= 11 is 1.49. The fourth-order valence-corrected chi connectivity index (χ4v) is 4.85. The first-order valence-corrected chi connectivity index (χ1v) is 8.88. The smallest absolute Gasteiger partial charge is 0.255 e. The summed E-state index contributed by atoms with van der Waals surface area (Å²) in [6.45, 7) is 0. The summed E-state index contributed by atoms with van der Waals surface area (Å²) in [7, 11) is -2.94. The predicted molar refractivity (Wildman–Crippen MR) is 70.6 cm³/mol. The molecule has 1 aromatic rings. The van der Waals surface area contributed by atoms with E-state index in [1.807, 2.05) is 21.7 Å². The van der Waals surface area contributed by atoms with Crippen molar-refractivity contribution in [2.75, 3.05) is 11.5 Å². The molecule has 0 spiro atoms. The number of amides is 1. The van der Waals surface area contributed by atoms with E-state index in [9.17, 15) is 13.2 Å². The quantitative estimate of drug-likeness (QED) is 0.846. The van der Waals surface area contributed by atoms with Crippen LogP contribution in [0.4, 0.5) is 0 Å². The number of nitrogens with zero attached hydrogens (tertiary/aromatic N) is 1. The van der Waals surface area contributed by atoms with Crippen molar-refractivity contribution in [1.29, 1.82) is 0 Å². The molecule has 0 radical (unpaired) electrons. The second-order valence-corrected chi connectivity index (χ2v) is 8.02. The zero-order chi connectivity index (χ0) is 12.8. The van der Waals surface area contributed by atoms with Crippen LogP contribution < -0.4 is 0 Å². The van der Waals surface area contributed by atoms with E-state index in [1.165, 1.54) is 11.3 Å². The lowest BCUT2D eigenvalue weighted by molar-refractivity contribution is 0.0681. The SMILES string of the molecule is O=C(c1ccsc1)N(C1CC1)C1CCS(=O)(=O)C1. The minimum Gasteiger partial charge on any atom is -0.332 e. The van der Waals surface area contributed by atoms with Crippen LogP contribution in [0.1, 0.15) is 29.6 Å². The Morgan fingerprint density at radius 2 is 2.06 bits per heavy atom. The number of carbonyl (C=O) groups is 1. The van der Waals surface area contributed by atoms with E-state index < -0.39 is 9.84 Å². The van der Waals surface area contributed by atoms with Crippen LogP contribution in [0.3, 0.4) is 0 Å². The molecule has 1 aromatic heterocycles. The van der Waals surface area contributed by atoms with E-state index in [-0.39, 0.29) is 29.5 Å². The molecule has 98 valence electrons. The monoisotopic (exact) mass is 285 g/mol. The van der Waals surface area contributed by atoms with Crippen molar-refractivity contribution in [2.24, 2.45) is 0 Å². The summed E-state index contributed by atoms with van der Waals surface area (Å²) in [4.78, 5) is 14.2. The molecule has 2 heterocycles. The van der Waals surface area contributed by atoms with Crippen LogP contribution in [-0.4, -0.2) is 42.8 Å². The molecular formula is C12H15NO3S2. The van der Waals surface area contributed by atoms with E-state index in [0.29, 0.717) is 12.0 Å². The van der Waals surface area contributed by atoms with Crippen LogP contribution in [0.2, 0.25) is 0 Å². The Morgan fingerprint density at radius 3 is 2.56 bits per heavy atom. The standard InChI is InChI=1S/C12H15NO3S2/c14-12(9-3-5-17-7-9)13(10-1-2-10)11-4-6-18(15,16)8-11/h3,5,7,10-11H,1-2,4,6,8H2. The zero-order valence-corrected chi connectivity index (χ0v) is 11.5. The van der Waals surface area contributed by atoms with Crippen LogP contribution in [0.5, 0.6) is 0 Å². The number of rotatable bonds is 3. The minimum absolute atomic E-state index is 0.000787. The number of hydrogen-bond acceptors (Lipinski definition) is 4. The molecule has 0 bridgehead atoms. The maximum atomic E-state index is 12.4. The van der Waals surface area contributed by atoms with E-state index in [2.05, 4.69) is 0 Å². The lowest BCUT2D eigenvalue weighted by Gasteiger charge is -2.28. The van der Waals surface area contributed by atoms with Crippen molar-refractivity contribution < 1.29 is 13.2 Å². The van der Waals surface area contributed by atoms with Crippen molar-refractivity contribution in [1.82, 2.24) is 4.90 Å². The minimum atomic E-state index is -2.94. The third kappa shape index (κ3) is 2.31. The van der Waals surface area contributed by atoms with Gasteiger partial charge in [0.2, 0.25) is 0 Å². The lowest BCUT2D eigenvalue weighted by atomic mass is 10.2. The van der Waals surface area contributed by atoms with Gasteiger partial charge in [0.1, 0.15) is 0 Å². The van der Waals surface area contributed by atoms with Gasteiger partial charge in [0.25, 0.3) is 5.91 Å². The van der Waals surface area contributed by atoms with E-state index >= 15 is 0 Å². The van der Waals surface area contributed by atoms with Crippen molar-refractivity contribution in [3.8, 4) is 0 Å². The highest BCUT2D eigenvalue weighted by Gasteiger charge is 2.42. The number of carbonyl (C=O) groups excluding carboxylic acids is 1. The number of hydrogen-bond donors (Lipinski definition) is 0. The molecule has 3 rings (SSSR count). The summed E-state index contributed by atoms with van der Waals surface area (Å²) in [5, 5.41) is 3.71. The van der Waals surface area contributed by atoms with Gasteiger partial charge in [-0.25, -0.2) is 8.42 Å². The highest BCUT2D eigenvalue weighted by Crippen LogP contribution is 2.33. The molecule has 1 unspecified atom stereocenters. The van der Waals surface area contributed by atoms with Gasteiger partial charge in [-0.3, -0.25) is 4.79 Å². The Labute approximate surface area is 111 Å². The highest BCUT2D eigenvalue weighted by molar-refractivity contribution is 7.91. The Bertz CT molecular complexity index is 546. The molecule has 1 saturated carbocycles. The van der Waals surface area contributed by atoms with Crippen LogP contribution in [0.25, 0.3) is 0 Å². The molecule has 6 heteroatoms. The topological polar surface area (TPSA) is 54.5 Å². The fourth-order valence-electron chi connectivity index (χ4n) is 2.51. The molecule has 1 amide bonds. The first kappa shape index (κ1) is 12.2. The Balaban J connectivity index is 1.83. The van der Waals surface area contributed by atoms with Gasteiger partial charge < -0.3 is 4.90 Å². The average molecular weight is 285 g/mol. The van der Waals surface area contributed by atoms with Crippen LogP contribution in [0.15, 0.2) is 16.8 Å². The van der Waals surface area contributed by atoms with Gasteiger partial charge in [-0.05, 0) is 30.7 Å². The lowest BCUT2D eigenvalue weighted by Crippen LogP contribution is -2.42. The summed E-state index contributed by atoms with van der Waals surface area (Å²) in [6.07, 6.45) is 2.60. The molecule has 2 aliphatic rings. The van der Waals surface area contributed by atoms with Crippen molar-refractivity contribution >= 4 is 27.1 Å². The highest BCUT2D eigenvalue weighted by atomic mass is 32.2. The van der Waals surface area contributed by atoms with Gasteiger partial charge in [-0.1, -0.05) is 0 Å². The van der Waals surface area contributed by atoms with Crippen LogP contribution >= 0.6 is 11.3 Å². The molecule has 1 aliphatic carbocycles. The molecule has 18 heavy (non-hydrogen) atoms. The van der Waals surface area contributed by atoms with Gasteiger partial charge in [-0.2, -0.15) is 11.3 Å². The molecule has 2 fully saturated rings. The Morgan fingerprint density at radius 1 is 1.28 bits per heavy atom. The van der Waals surface area contributed by atoms with E-state index in [0.717, 1.165) is 12.8 Å². The number of thiophene rings is 1. The van der Waals surface area contributed by atoms with Crippen molar-refractivity contribution in [3.05, 3.63) is 22.4 Å². The molecule has 1 aliphatic heterocycles. The summed E-state index contributed by atoms with van der Waals surface area (Å²) in [6, 6.07) is 1.96. The maximum Gasteiger partial charge on any atom is 0.255 e. The van der Waals surface area contributed by atoms with Crippen molar-refractivity contribution in [2.45, 2.75) is 31.3 Å². The third-order valence-corrected chi connectivity index (χ3v) is 5.98.